The number of amides is 1. The van der Waals surface area contributed by atoms with Crippen LogP contribution in [-0.4, -0.2) is 42.9 Å². The number of ether oxygens (including phenoxy) is 1. The highest BCUT2D eigenvalue weighted by atomic mass is 35.5. The summed E-state index contributed by atoms with van der Waals surface area (Å²) in [5.74, 6) is -0.0818. The SMILES string of the molecule is CCNC(=O)C(C)NCC(O)COCc1ccccc1Cl. The number of hydrogen-bond donors (Lipinski definition) is 3. The highest BCUT2D eigenvalue weighted by Gasteiger charge is 2.13. The molecule has 0 spiro atoms. The van der Waals surface area contributed by atoms with Crippen molar-refractivity contribution in [2.75, 3.05) is 19.7 Å². The Bertz CT molecular complexity index is 443. The average Bonchev–Trinajstić information content (AvgIpc) is 2.47. The topological polar surface area (TPSA) is 70.6 Å². The van der Waals surface area contributed by atoms with Crippen molar-refractivity contribution in [2.24, 2.45) is 0 Å². The van der Waals surface area contributed by atoms with Crippen molar-refractivity contribution in [3.63, 3.8) is 0 Å². The molecule has 1 aromatic carbocycles. The van der Waals surface area contributed by atoms with Gasteiger partial charge in [-0.25, -0.2) is 0 Å². The molecule has 1 amide bonds. The highest BCUT2D eigenvalue weighted by molar-refractivity contribution is 6.31. The molecule has 6 heteroatoms. The van der Waals surface area contributed by atoms with E-state index in [0.29, 0.717) is 24.7 Å². The third kappa shape index (κ3) is 6.91. The summed E-state index contributed by atoms with van der Waals surface area (Å²) in [5, 5.41) is 16.1. The Morgan fingerprint density at radius 3 is 2.81 bits per heavy atom. The Morgan fingerprint density at radius 1 is 1.43 bits per heavy atom. The van der Waals surface area contributed by atoms with Crippen molar-refractivity contribution in [1.82, 2.24) is 10.6 Å². The van der Waals surface area contributed by atoms with Gasteiger partial charge in [-0.1, -0.05) is 29.8 Å². The zero-order chi connectivity index (χ0) is 15.7. The molecule has 0 aliphatic heterocycles. The van der Waals surface area contributed by atoms with Crippen LogP contribution in [0.4, 0.5) is 0 Å². The maximum absolute atomic E-state index is 11.5. The molecule has 0 saturated heterocycles. The van der Waals surface area contributed by atoms with Crippen LogP contribution >= 0.6 is 11.6 Å². The van der Waals surface area contributed by atoms with E-state index in [0.717, 1.165) is 5.56 Å². The predicted molar refractivity (Wildman–Crippen MR) is 83.3 cm³/mol. The number of carbonyl (C=O) groups excluding carboxylic acids is 1. The first-order valence-electron chi connectivity index (χ1n) is 7.04. The molecule has 0 saturated carbocycles. The van der Waals surface area contributed by atoms with Crippen LogP contribution in [0.15, 0.2) is 24.3 Å². The molecule has 0 aliphatic rings. The minimum atomic E-state index is -0.677. The number of rotatable bonds is 9. The molecular formula is C15H23ClN2O3. The van der Waals surface area contributed by atoms with E-state index in [1.165, 1.54) is 0 Å². The number of aliphatic hydroxyl groups excluding tert-OH is 1. The average molecular weight is 315 g/mol. The van der Waals surface area contributed by atoms with Gasteiger partial charge in [0, 0.05) is 18.1 Å². The van der Waals surface area contributed by atoms with Gasteiger partial charge < -0.3 is 20.5 Å². The van der Waals surface area contributed by atoms with E-state index >= 15 is 0 Å². The van der Waals surface area contributed by atoms with Crippen molar-refractivity contribution in [1.29, 1.82) is 0 Å². The minimum absolute atomic E-state index is 0.0818. The lowest BCUT2D eigenvalue weighted by Gasteiger charge is -2.17. The van der Waals surface area contributed by atoms with Crippen molar-refractivity contribution in [3.05, 3.63) is 34.9 Å². The monoisotopic (exact) mass is 314 g/mol. The van der Waals surface area contributed by atoms with E-state index in [9.17, 15) is 9.90 Å². The number of likely N-dealkylation sites (N-methyl/N-ethyl adjacent to an activating group) is 1. The molecule has 0 aliphatic carbocycles. The largest absolute Gasteiger partial charge is 0.389 e. The number of carbonyl (C=O) groups is 1. The summed E-state index contributed by atoms with van der Waals surface area (Å²) in [6.45, 7) is 5.03. The van der Waals surface area contributed by atoms with Crippen LogP contribution in [0.25, 0.3) is 0 Å². The second-order valence-corrected chi connectivity index (χ2v) is 5.19. The maximum Gasteiger partial charge on any atom is 0.236 e. The lowest BCUT2D eigenvalue weighted by Crippen LogP contribution is -2.45. The molecule has 118 valence electrons. The highest BCUT2D eigenvalue weighted by Crippen LogP contribution is 2.15. The lowest BCUT2D eigenvalue weighted by atomic mass is 10.2. The fourth-order valence-corrected chi connectivity index (χ4v) is 1.90. The molecular weight excluding hydrogens is 292 g/mol. The standard InChI is InChI=1S/C15H23ClN2O3/c1-3-17-15(20)11(2)18-8-13(19)10-21-9-12-6-4-5-7-14(12)16/h4-7,11,13,18-19H,3,8-10H2,1-2H3,(H,17,20). The third-order valence-electron chi connectivity index (χ3n) is 2.93. The molecule has 0 aromatic heterocycles. The predicted octanol–water partition coefficient (Wildman–Crippen LogP) is 1.33. The second-order valence-electron chi connectivity index (χ2n) is 4.78. The summed E-state index contributed by atoms with van der Waals surface area (Å²) in [7, 11) is 0. The van der Waals surface area contributed by atoms with Gasteiger partial charge in [-0.05, 0) is 25.5 Å². The first-order chi connectivity index (χ1) is 10.0. The molecule has 5 nitrogen and oxygen atoms in total. The van der Waals surface area contributed by atoms with Gasteiger partial charge in [0.15, 0.2) is 0 Å². The fourth-order valence-electron chi connectivity index (χ4n) is 1.71. The van der Waals surface area contributed by atoms with Crippen molar-refractivity contribution in [3.8, 4) is 0 Å². The van der Waals surface area contributed by atoms with E-state index in [-0.39, 0.29) is 18.6 Å². The lowest BCUT2D eigenvalue weighted by molar-refractivity contribution is -0.122. The molecule has 2 unspecified atom stereocenters. The van der Waals surface area contributed by atoms with Crippen LogP contribution in [0.3, 0.4) is 0 Å². The summed E-state index contributed by atoms with van der Waals surface area (Å²) >= 11 is 6.01. The van der Waals surface area contributed by atoms with Gasteiger partial charge in [0.05, 0.1) is 25.4 Å². The molecule has 1 aromatic rings. The van der Waals surface area contributed by atoms with E-state index < -0.39 is 6.10 Å². The summed E-state index contributed by atoms with van der Waals surface area (Å²) in [6.07, 6.45) is -0.677. The smallest absolute Gasteiger partial charge is 0.236 e. The van der Waals surface area contributed by atoms with Crippen molar-refractivity contribution in [2.45, 2.75) is 32.6 Å². The zero-order valence-electron chi connectivity index (χ0n) is 12.4. The summed E-state index contributed by atoms with van der Waals surface area (Å²) in [6, 6.07) is 7.07. The van der Waals surface area contributed by atoms with Gasteiger partial charge in [0.1, 0.15) is 0 Å². The first kappa shape index (κ1) is 17.9. The Hall–Kier alpha value is -1.14. The van der Waals surface area contributed by atoms with Crippen LogP contribution in [0.2, 0.25) is 5.02 Å². The van der Waals surface area contributed by atoms with Crippen molar-refractivity contribution < 1.29 is 14.6 Å². The molecule has 1 rings (SSSR count). The Balaban J connectivity index is 2.21. The molecule has 0 fully saturated rings. The van der Waals surface area contributed by atoms with Gasteiger partial charge in [-0.2, -0.15) is 0 Å². The van der Waals surface area contributed by atoms with Crippen LogP contribution in [0.1, 0.15) is 19.4 Å². The van der Waals surface area contributed by atoms with Crippen LogP contribution < -0.4 is 10.6 Å². The van der Waals surface area contributed by atoms with Crippen LogP contribution in [0, 0.1) is 0 Å². The number of nitrogens with one attached hydrogen (secondary N) is 2. The number of halogens is 1. The fraction of sp³-hybridized carbons (Fsp3) is 0.533. The van der Waals surface area contributed by atoms with Crippen molar-refractivity contribution >= 4 is 17.5 Å². The van der Waals surface area contributed by atoms with Gasteiger partial charge in [0.25, 0.3) is 0 Å². The molecule has 3 N–H and O–H groups in total. The summed E-state index contributed by atoms with van der Waals surface area (Å²) < 4.78 is 5.43. The van der Waals surface area contributed by atoms with Crippen LogP contribution in [0.5, 0.6) is 0 Å². The summed E-state index contributed by atoms with van der Waals surface area (Å²) in [5.41, 5.74) is 0.884. The Labute approximate surface area is 130 Å². The van der Waals surface area contributed by atoms with Crippen LogP contribution in [-0.2, 0) is 16.1 Å². The number of hydrogen-bond acceptors (Lipinski definition) is 4. The van der Waals surface area contributed by atoms with E-state index in [4.69, 9.17) is 16.3 Å². The van der Waals surface area contributed by atoms with E-state index in [1.807, 2.05) is 25.1 Å². The molecule has 2 atom stereocenters. The van der Waals surface area contributed by atoms with Gasteiger partial charge in [-0.15, -0.1) is 0 Å². The zero-order valence-corrected chi connectivity index (χ0v) is 13.2. The maximum atomic E-state index is 11.5. The molecule has 21 heavy (non-hydrogen) atoms. The molecule has 0 heterocycles. The van der Waals surface area contributed by atoms with Gasteiger partial charge in [0.2, 0.25) is 5.91 Å². The van der Waals surface area contributed by atoms with Gasteiger partial charge >= 0.3 is 0 Å². The molecule has 0 bridgehead atoms. The number of benzene rings is 1. The Kier molecular flexibility index (Phi) is 8.30. The third-order valence-corrected chi connectivity index (χ3v) is 3.30. The number of aliphatic hydroxyl groups is 1. The summed E-state index contributed by atoms with van der Waals surface area (Å²) in [4.78, 5) is 11.5. The Morgan fingerprint density at radius 2 is 2.14 bits per heavy atom. The quantitative estimate of drug-likeness (QED) is 0.643. The first-order valence-corrected chi connectivity index (χ1v) is 7.42. The minimum Gasteiger partial charge on any atom is -0.389 e. The van der Waals surface area contributed by atoms with Gasteiger partial charge in [-0.3, -0.25) is 4.79 Å². The molecule has 0 radical (unpaired) electrons. The van der Waals surface area contributed by atoms with E-state index in [1.54, 1.807) is 13.0 Å². The normalized spacial score (nSPS) is 13.7. The van der Waals surface area contributed by atoms with E-state index in [2.05, 4.69) is 10.6 Å². The second kappa shape index (κ2) is 9.73.